The zero-order valence-corrected chi connectivity index (χ0v) is 13.4. The van der Waals surface area contributed by atoms with Crippen LogP contribution in [0.15, 0.2) is 11.8 Å². The van der Waals surface area contributed by atoms with Crippen molar-refractivity contribution < 1.29 is 33.9 Å². The number of carbonyl (C=O) groups excluding carboxylic acids is 1. The second kappa shape index (κ2) is 7.87. The third kappa shape index (κ3) is 8.91. The highest BCUT2D eigenvalue weighted by atomic mass is 17.2. The van der Waals surface area contributed by atoms with Gasteiger partial charge in [-0.3, -0.25) is 0 Å². The molecule has 0 saturated heterocycles. The first kappa shape index (κ1) is 19.2. The lowest BCUT2D eigenvalue weighted by Gasteiger charge is -2.23. The zero-order chi connectivity index (χ0) is 16.7. The van der Waals surface area contributed by atoms with Crippen LogP contribution in [-0.4, -0.2) is 28.6 Å². The Hall–Kier alpha value is -1.76. The average Bonchev–Trinajstić information content (AvgIpc) is 2.25. The van der Waals surface area contributed by atoms with E-state index in [4.69, 9.17) is 19.6 Å². The molecule has 0 aromatic carbocycles. The summed E-state index contributed by atoms with van der Waals surface area (Å²) in [6.07, 6.45) is 1.30. The fraction of sp³-hybridized carbons (Fsp3) is 0.714. The van der Waals surface area contributed by atoms with Gasteiger partial charge in [0.25, 0.3) is 5.79 Å². The SMILES string of the molecule is CCCC(C)(C)OOC=C(C)C(=O)OC(C)(C)OC(=O)O. The number of rotatable bonds is 8. The van der Waals surface area contributed by atoms with Gasteiger partial charge in [0.2, 0.25) is 0 Å². The van der Waals surface area contributed by atoms with E-state index in [1.165, 1.54) is 20.8 Å². The van der Waals surface area contributed by atoms with Crippen molar-refractivity contribution in [3.8, 4) is 0 Å². The predicted molar refractivity (Wildman–Crippen MR) is 74.2 cm³/mol. The summed E-state index contributed by atoms with van der Waals surface area (Å²) in [5, 5.41) is 8.51. The molecule has 0 aliphatic carbocycles. The van der Waals surface area contributed by atoms with E-state index in [0.29, 0.717) is 0 Å². The van der Waals surface area contributed by atoms with Crippen molar-refractivity contribution in [2.75, 3.05) is 0 Å². The van der Waals surface area contributed by atoms with E-state index in [0.717, 1.165) is 19.1 Å². The Morgan fingerprint density at radius 2 is 1.71 bits per heavy atom. The number of hydrogen-bond acceptors (Lipinski definition) is 6. The summed E-state index contributed by atoms with van der Waals surface area (Å²) < 4.78 is 9.32. The molecule has 21 heavy (non-hydrogen) atoms. The third-order valence-electron chi connectivity index (χ3n) is 2.34. The van der Waals surface area contributed by atoms with E-state index in [1.54, 1.807) is 0 Å². The fourth-order valence-corrected chi connectivity index (χ4v) is 1.45. The van der Waals surface area contributed by atoms with Gasteiger partial charge >= 0.3 is 12.1 Å². The Morgan fingerprint density at radius 1 is 1.14 bits per heavy atom. The zero-order valence-electron chi connectivity index (χ0n) is 13.4. The molecule has 0 heterocycles. The molecule has 0 aliphatic rings. The van der Waals surface area contributed by atoms with E-state index in [-0.39, 0.29) is 5.57 Å². The molecule has 0 saturated carbocycles. The molecule has 0 aromatic heterocycles. The minimum atomic E-state index is -1.58. The van der Waals surface area contributed by atoms with Crippen molar-refractivity contribution >= 4 is 12.1 Å². The first-order valence-corrected chi connectivity index (χ1v) is 6.65. The molecular weight excluding hydrogens is 280 g/mol. The van der Waals surface area contributed by atoms with Gasteiger partial charge in [-0.1, -0.05) is 13.3 Å². The van der Waals surface area contributed by atoms with E-state index in [1.807, 2.05) is 20.8 Å². The Kier molecular flexibility index (Phi) is 7.21. The molecule has 0 radical (unpaired) electrons. The van der Waals surface area contributed by atoms with Crippen LogP contribution in [0, 0.1) is 0 Å². The van der Waals surface area contributed by atoms with Crippen molar-refractivity contribution in [3.63, 3.8) is 0 Å². The molecule has 0 bridgehead atoms. The molecule has 122 valence electrons. The van der Waals surface area contributed by atoms with E-state index < -0.39 is 23.5 Å². The highest BCUT2D eigenvalue weighted by Crippen LogP contribution is 2.18. The first-order valence-electron chi connectivity index (χ1n) is 6.65. The Morgan fingerprint density at radius 3 is 2.19 bits per heavy atom. The second-order valence-corrected chi connectivity index (χ2v) is 5.65. The van der Waals surface area contributed by atoms with Crippen molar-refractivity contribution in [2.24, 2.45) is 0 Å². The van der Waals surface area contributed by atoms with Gasteiger partial charge in [0, 0.05) is 13.8 Å². The van der Waals surface area contributed by atoms with E-state index >= 15 is 0 Å². The fourth-order valence-electron chi connectivity index (χ4n) is 1.45. The monoisotopic (exact) mass is 304 g/mol. The Bertz CT molecular complexity index is 396. The molecule has 7 nitrogen and oxygen atoms in total. The lowest BCUT2D eigenvalue weighted by molar-refractivity contribution is -0.318. The van der Waals surface area contributed by atoms with Gasteiger partial charge in [0.05, 0.1) is 5.57 Å². The molecule has 0 fully saturated rings. The third-order valence-corrected chi connectivity index (χ3v) is 2.34. The van der Waals surface area contributed by atoms with Crippen molar-refractivity contribution in [2.45, 2.75) is 65.8 Å². The molecule has 0 atom stereocenters. The van der Waals surface area contributed by atoms with E-state index in [2.05, 4.69) is 4.74 Å². The maximum atomic E-state index is 11.7. The minimum absolute atomic E-state index is 0.115. The maximum absolute atomic E-state index is 11.7. The average molecular weight is 304 g/mol. The van der Waals surface area contributed by atoms with Gasteiger partial charge in [-0.05, 0) is 27.2 Å². The summed E-state index contributed by atoms with van der Waals surface area (Å²) in [6, 6.07) is 0. The van der Waals surface area contributed by atoms with Gasteiger partial charge in [0.15, 0.2) is 0 Å². The molecule has 0 rings (SSSR count). The number of carboxylic acid groups (broad SMARTS) is 1. The smallest absolute Gasteiger partial charge is 0.450 e. The molecule has 7 heteroatoms. The van der Waals surface area contributed by atoms with Crippen LogP contribution in [-0.2, 0) is 24.0 Å². The number of hydrogen-bond donors (Lipinski definition) is 1. The van der Waals surface area contributed by atoms with Crippen LogP contribution in [0.1, 0.15) is 54.4 Å². The van der Waals surface area contributed by atoms with E-state index in [9.17, 15) is 9.59 Å². The minimum Gasteiger partial charge on any atom is -0.450 e. The van der Waals surface area contributed by atoms with Gasteiger partial charge in [-0.15, -0.1) is 0 Å². The van der Waals surface area contributed by atoms with Crippen LogP contribution in [0.4, 0.5) is 4.79 Å². The maximum Gasteiger partial charge on any atom is 0.509 e. The second-order valence-electron chi connectivity index (χ2n) is 5.65. The largest absolute Gasteiger partial charge is 0.509 e. The van der Waals surface area contributed by atoms with Gasteiger partial charge in [-0.2, -0.15) is 4.89 Å². The molecule has 1 N–H and O–H groups in total. The molecule has 0 unspecified atom stereocenters. The summed E-state index contributed by atoms with van der Waals surface area (Å²) in [5.74, 6) is -2.35. The van der Waals surface area contributed by atoms with Crippen LogP contribution in [0.5, 0.6) is 0 Å². The topological polar surface area (TPSA) is 91.3 Å². The lowest BCUT2D eigenvalue weighted by atomic mass is 10.0. The summed E-state index contributed by atoms with van der Waals surface area (Å²) in [6.45, 7) is 9.83. The normalized spacial score (nSPS) is 12.8. The number of ether oxygens (including phenoxy) is 2. The van der Waals surface area contributed by atoms with Crippen LogP contribution in [0.25, 0.3) is 0 Å². The van der Waals surface area contributed by atoms with Crippen LogP contribution < -0.4 is 0 Å². The Labute approximate surface area is 124 Å². The van der Waals surface area contributed by atoms with Crippen molar-refractivity contribution in [1.29, 1.82) is 0 Å². The molecular formula is C14H24O7. The number of esters is 1. The molecule has 0 spiro atoms. The molecule has 0 amide bonds. The van der Waals surface area contributed by atoms with Crippen molar-refractivity contribution in [3.05, 3.63) is 11.8 Å². The molecule has 0 aliphatic heterocycles. The highest BCUT2D eigenvalue weighted by Gasteiger charge is 2.28. The summed E-state index contributed by atoms with van der Waals surface area (Å²) in [4.78, 5) is 32.2. The van der Waals surface area contributed by atoms with Crippen LogP contribution >= 0.6 is 0 Å². The van der Waals surface area contributed by atoms with Crippen LogP contribution in [0.3, 0.4) is 0 Å². The number of carbonyl (C=O) groups is 2. The Balaban J connectivity index is 4.44. The van der Waals surface area contributed by atoms with Crippen LogP contribution in [0.2, 0.25) is 0 Å². The van der Waals surface area contributed by atoms with Gasteiger partial charge < -0.3 is 19.5 Å². The summed E-state index contributed by atoms with van der Waals surface area (Å²) >= 11 is 0. The summed E-state index contributed by atoms with van der Waals surface area (Å²) in [5.41, 5.74) is -0.356. The standard InChI is InChI=1S/C14H24O7/c1-7-8-13(3,4)21-18-9-10(2)11(15)19-14(5,6)20-12(16)17/h9H,7-8H2,1-6H3,(H,16,17). The van der Waals surface area contributed by atoms with Gasteiger partial charge in [0.1, 0.15) is 11.9 Å². The summed E-state index contributed by atoms with van der Waals surface area (Å²) in [7, 11) is 0. The lowest BCUT2D eigenvalue weighted by Crippen LogP contribution is -2.33. The van der Waals surface area contributed by atoms with Crippen molar-refractivity contribution in [1.82, 2.24) is 0 Å². The van der Waals surface area contributed by atoms with Gasteiger partial charge in [-0.25, -0.2) is 9.59 Å². The quantitative estimate of drug-likeness (QED) is 0.183. The first-order chi connectivity index (χ1) is 9.49. The molecule has 0 aromatic rings. The predicted octanol–water partition coefficient (Wildman–Crippen LogP) is 3.39. The highest BCUT2D eigenvalue weighted by molar-refractivity contribution is 5.87.